The highest BCUT2D eigenvalue weighted by Crippen LogP contribution is 2.35. The molecule has 1 amide bonds. The maximum Gasteiger partial charge on any atom is 0.262 e. The van der Waals surface area contributed by atoms with Gasteiger partial charge in [-0.3, -0.25) is 14.2 Å². The standard InChI is InChI=1S/C22H23N3O2S/c1-3-25(17-11-7-8-12-17)18(26)13-24-14-23-21-19(22(24)27)15(2)20(28-21)16-9-5-4-6-10-16/h4-6,9-11,14H,3,7-8,12-13H2,1-2H3. The molecule has 144 valence electrons. The van der Waals surface area contributed by atoms with E-state index in [0.717, 1.165) is 45.8 Å². The highest BCUT2D eigenvalue weighted by atomic mass is 32.1. The second-order valence-electron chi connectivity index (χ2n) is 7.01. The number of thiophene rings is 1. The van der Waals surface area contributed by atoms with Gasteiger partial charge in [0, 0.05) is 17.1 Å². The number of fused-ring (bicyclic) bond motifs is 1. The third-order valence-corrected chi connectivity index (χ3v) is 6.49. The second-order valence-corrected chi connectivity index (χ2v) is 8.00. The number of allylic oxidation sites excluding steroid dienone is 2. The van der Waals surface area contributed by atoms with Crippen LogP contribution in [0.3, 0.4) is 0 Å². The molecule has 0 unspecified atom stereocenters. The van der Waals surface area contributed by atoms with Crippen LogP contribution in [0.2, 0.25) is 0 Å². The number of hydrogen-bond donors (Lipinski definition) is 0. The molecule has 6 heteroatoms. The van der Waals surface area contributed by atoms with Crippen molar-refractivity contribution in [3.63, 3.8) is 0 Å². The van der Waals surface area contributed by atoms with E-state index in [1.54, 1.807) is 4.90 Å². The molecule has 0 aliphatic heterocycles. The zero-order chi connectivity index (χ0) is 19.7. The number of aromatic nitrogens is 2. The minimum absolute atomic E-state index is 0.0168. The number of amides is 1. The topological polar surface area (TPSA) is 55.2 Å². The summed E-state index contributed by atoms with van der Waals surface area (Å²) in [5.41, 5.74) is 2.94. The first-order chi connectivity index (χ1) is 13.6. The Morgan fingerprint density at radius 1 is 1.29 bits per heavy atom. The fourth-order valence-electron chi connectivity index (χ4n) is 3.81. The average molecular weight is 394 g/mol. The summed E-state index contributed by atoms with van der Waals surface area (Å²) in [5, 5.41) is 0.613. The van der Waals surface area contributed by atoms with E-state index in [1.165, 1.54) is 22.2 Å². The predicted octanol–water partition coefficient (Wildman–Crippen LogP) is 4.35. The lowest BCUT2D eigenvalue weighted by atomic mass is 10.1. The van der Waals surface area contributed by atoms with Crippen molar-refractivity contribution in [2.24, 2.45) is 0 Å². The Bertz CT molecular complexity index is 1110. The molecule has 0 saturated heterocycles. The van der Waals surface area contributed by atoms with Gasteiger partial charge in [-0.2, -0.15) is 0 Å². The molecular weight excluding hydrogens is 370 g/mol. The molecule has 0 spiro atoms. The Hall–Kier alpha value is -2.73. The van der Waals surface area contributed by atoms with E-state index >= 15 is 0 Å². The number of aryl methyl sites for hydroxylation is 1. The van der Waals surface area contributed by atoms with Gasteiger partial charge in [0.2, 0.25) is 5.91 Å². The highest BCUT2D eigenvalue weighted by Gasteiger charge is 2.21. The Morgan fingerprint density at radius 3 is 2.75 bits per heavy atom. The number of carbonyl (C=O) groups excluding carboxylic acids is 1. The first kappa shape index (κ1) is 18.6. The van der Waals surface area contributed by atoms with Crippen LogP contribution >= 0.6 is 11.3 Å². The highest BCUT2D eigenvalue weighted by molar-refractivity contribution is 7.22. The second kappa shape index (κ2) is 7.72. The number of likely N-dealkylation sites (N-methyl/N-ethyl adjacent to an activating group) is 1. The average Bonchev–Trinajstić information content (AvgIpc) is 3.34. The number of hydrogen-bond acceptors (Lipinski definition) is 4. The summed E-state index contributed by atoms with van der Waals surface area (Å²) in [4.78, 5) is 34.0. The van der Waals surface area contributed by atoms with E-state index in [4.69, 9.17) is 0 Å². The van der Waals surface area contributed by atoms with Gasteiger partial charge in [-0.1, -0.05) is 36.4 Å². The first-order valence-electron chi connectivity index (χ1n) is 9.63. The Kier molecular flexibility index (Phi) is 5.13. The van der Waals surface area contributed by atoms with Crippen LogP contribution in [-0.4, -0.2) is 26.9 Å². The lowest BCUT2D eigenvalue weighted by Gasteiger charge is -2.22. The molecule has 0 bridgehead atoms. The summed E-state index contributed by atoms with van der Waals surface area (Å²) in [6.07, 6.45) is 6.66. The Labute approximate surface area is 167 Å². The van der Waals surface area contributed by atoms with E-state index in [-0.39, 0.29) is 18.0 Å². The fourth-order valence-corrected chi connectivity index (χ4v) is 4.95. The lowest BCUT2D eigenvalue weighted by Crippen LogP contribution is -2.35. The molecule has 2 heterocycles. The van der Waals surface area contributed by atoms with E-state index in [0.29, 0.717) is 11.9 Å². The molecule has 28 heavy (non-hydrogen) atoms. The van der Waals surface area contributed by atoms with Gasteiger partial charge >= 0.3 is 0 Å². The van der Waals surface area contributed by atoms with Crippen LogP contribution in [0.15, 0.2) is 53.2 Å². The smallest absolute Gasteiger partial charge is 0.262 e. The molecule has 3 aromatic rings. The molecule has 0 atom stereocenters. The van der Waals surface area contributed by atoms with Gasteiger partial charge in [-0.15, -0.1) is 11.3 Å². The zero-order valence-corrected chi connectivity index (χ0v) is 17.0. The number of rotatable bonds is 5. The third-order valence-electron chi connectivity index (χ3n) is 5.24. The molecule has 0 radical (unpaired) electrons. The summed E-state index contributed by atoms with van der Waals surface area (Å²) >= 11 is 1.52. The van der Waals surface area contributed by atoms with Crippen molar-refractivity contribution in [2.45, 2.75) is 39.7 Å². The normalized spacial score (nSPS) is 13.7. The van der Waals surface area contributed by atoms with E-state index in [9.17, 15) is 9.59 Å². The van der Waals surface area contributed by atoms with Crippen LogP contribution in [0.5, 0.6) is 0 Å². The van der Waals surface area contributed by atoms with Crippen molar-refractivity contribution < 1.29 is 4.79 Å². The molecule has 4 rings (SSSR count). The quantitative estimate of drug-likeness (QED) is 0.648. The van der Waals surface area contributed by atoms with E-state index in [1.807, 2.05) is 44.2 Å². The van der Waals surface area contributed by atoms with Crippen molar-refractivity contribution >= 4 is 27.5 Å². The summed E-state index contributed by atoms with van der Waals surface area (Å²) in [6, 6.07) is 10.0. The molecular formula is C22H23N3O2S. The van der Waals surface area contributed by atoms with Crippen molar-refractivity contribution in [2.75, 3.05) is 6.54 Å². The zero-order valence-electron chi connectivity index (χ0n) is 16.1. The summed E-state index contributed by atoms with van der Waals surface area (Å²) in [5.74, 6) is -0.0601. The van der Waals surface area contributed by atoms with Crippen molar-refractivity contribution in [3.8, 4) is 10.4 Å². The van der Waals surface area contributed by atoms with Gasteiger partial charge in [0.15, 0.2) is 0 Å². The lowest BCUT2D eigenvalue weighted by molar-refractivity contribution is -0.129. The van der Waals surface area contributed by atoms with E-state index < -0.39 is 0 Å². The predicted molar refractivity (Wildman–Crippen MR) is 113 cm³/mol. The van der Waals surface area contributed by atoms with Gasteiger partial charge in [-0.25, -0.2) is 4.98 Å². The minimum Gasteiger partial charge on any atom is -0.315 e. The Balaban J connectivity index is 1.69. The maximum atomic E-state index is 13.1. The van der Waals surface area contributed by atoms with Crippen LogP contribution < -0.4 is 5.56 Å². The Morgan fingerprint density at radius 2 is 2.07 bits per heavy atom. The first-order valence-corrected chi connectivity index (χ1v) is 10.4. The molecule has 1 aliphatic rings. The van der Waals surface area contributed by atoms with Crippen LogP contribution in [0, 0.1) is 6.92 Å². The number of nitrogens with zero attached hydrogens (tertiary/aromatic N) is 3. The van der Waals surface area contributed by atoms with Gasteiger partial charge in [0.25, 0.3) is 5.56 Å². The molecule has 5 nitrogen and oxygen atoms in total. The molecule has 0 fully saturated rings. The summed E-state index contributed by atoms with van der Waals surface area (Å²) in [6.45, 7) is 4.56. The number of benzene rings is 1. The monoisotopic (exact) mass is 393 g/mol. The molecule has 1 aromatic carbocycles. The van der Waals surface area contributed by atoms with Gasteiger partial charge in [0.05, 0.1) is 11.7 Å². The summed E-state index contributed by atoms with van der Waals surface area (Å²) < 4.78 is 1.44. The minimum atomic E-state index is -0.147. The molecule has 1 aliphatic carbocycles. The van der Waals surface area contributed by atoms with Crippen molar-refractivity contribution in [3.05, 3.63) is 64.3 Å². The van der Waals surface area contributed by atoms with Gasteiger partial charge < -0.3 is 4.90 Å². The van der Waals surface area contributed by atoms with E-state index in [2.05, 4.69) is 11.1 Å². The van der Waals surface area contributed by atoms with Gasteiger partial charge in [-0.05, 0) is 44.2 Å². The van der Waals surface area contributed by atoms with Crippen LogP contribution in [0.25, 0.3) is 20.7 Å². The maximum absolute atomic E-state index is 13.1. The SMILES string of the molecule is CCN(C(=O)Cn1cnc2sc(-c3ccccc3)c(C)c2c1=O)C1=CCCC1. The van der Waals surface area contributed by atoms with Crippen molar-refractivity contribution in [1.82, 2.24) is 14.5 Å². The van der Waals surface area contributed by atoms with Crippen LogP contribution in [0.1, 0.15) is 31.7 Å². The largest absolute Gasteiger partial charge is 0.315 e. The van der Waals surface area contributed by atoms with Gasteiger partial charge in [0.1, 0.15) is 11.4 Å². The van der Waals surface area contributed by atoms with Crippen LogP contribution in [0.4, 0.5) is 0 Å². The fraction of sp³-hybridized carbons (Fsp3) is 0.318. The number of carbonyl (C=O) groups is 1. The molecule has 0 saturated carbocycles. The molecule has 0 N–H and O–H groups in total. The third kappa shape index (κ3) is 3.29. The molecule has 2 aromatic heterocycles. The summed E-state index contributed by atoms with van der Waals surface area (Å²) in [7, 11) is 0. The van der Waals surface area contributed by atoms with Crippen molar-refractivity contribution in [1.29, 1.82) is 0 Å². The van der Waals surface area contributed by atoms with Crippen LogP contribution in [-0.2, 0) is 11.3 Å².